The highest BCUT2D eigenvalue weighted by atomic mass is 31.2. The van der Waals surface area contributed by atoms with Crippen LogP contribution in [0.1, 0.15) is 369 Å². The van der Waals surface area contributed by atoms with E-state index in [4.69, 9.17) is 37.0 Å². The minimum absolute atomic E-state index is 0.107. The van der Waals surface area contributed by atoms with Crippen molar-refractivity contribution < 1.29 is 80.2 Å². The first kappa shape index (κ1) is 88.1. The number of phosphoric acid groups is 2. The van der Waals surface area contributed by atoms with Crippen LogP contribution >= 0.6 is 15.6 Å². The number of aliphatic hydroxyl groups excluding tert-OH is 1. The van der Waals surface area contributed by atoms with Gasteiger partial charge in [0.25, 0.3) is 0 Å². The van der Waals surface area contributed by atoms with Gasteiger partial charge in [-0.25, -0.2) is 9.13 Å². The molecule has 0 fully saturated rings. The summed E-state index contributed by atoms with van der Waals surface area (Å²) in [5.74, 6) is -1.34. The van der Waals surface area contributed by atoms with Gasteiger partial charge in [-0.2, -0.15) is 0 Å². The SMILES string of the molecule is CCCCCCCCCCCCCCCCCC(=O)OC[C@H](COP(=O)(O)OC[C@@H](O)COP(=O)(O)OC[C@@H](COC(=O)CCCCCCCCC)OC(=O)CCCCCCCCCCCCCC)OC(=O)CCCCCCCCCCCCCCCC(C)C. The number of carbonyl (C=O) groups is 4. The number of phosphoric ester groups is 2. The van der Waals surface area contributed by atoms with E-state index in [1.165, 1.54) is 180 Å². The van der Waals surface area contributed by atoms with E-state index in [1.54, 1.807) is 0 Å². The first-order chi connectivity index (χ1) is 43.5. The molecular weight excluding hydrogens is 1190 g/mol. The Bertz CT molecular complexity index is 1740. The minimum Gasteiger partial charge on any atom is -0.462 e. The van der Waals surface area contributed by atoms with Crippen LogP contribution in [0.3, 0.4) is 0 Å². The van der Waals surface area contributed by atoms with E-state index in [0.717, 1.165) is 109 Å². The number of hydrogen-bond acceptors (Lipinski definition) is 15. The standard InChI is InChI=1S/C71H138O17P2/c1-6-9-12-15-18-20-22-24-25-28-32-35-40-45-50-55-69(74)82-61-67(88-71(76)57-52-47-42-37-33-29-26-27-30-34-39-43-48-53-64(4)5)63-86-90(79,80)84-59-65(72)58-83-89(77,78)85-62-66(60-81-68(73)54-49-44-38-17-14-11-8-3)87-70(75)56-51-46-41-36-31-23-21-19-16-13-10-7-2/h64-67,72H,6-63H2,1-5H3,(H,77,78)(H,79,80)/t65-,66+,67+/m0/s1. The molecule has 0 aromatic rings. The average Bonchev–Trinajstić information content (AvgIpc) is 3.61. The Morgan fingerprint density at radius 2 is 0.511 bits per heavy atom. The Morgan fingerprint density at radius 1 is 0.300 bits per heavy atom. The number of carbonyl (C=O) groups excluding carboxylic acids is 4. The molecule has 0 spiro atoms. The van der Waals surface area contributed by atoms with E-state index in [9.17, 15) is 43.2 Å². The Hall–Kier alpha value is -1.94. The molecule has 0 aliphatic heterocycles. The molecule has 0 saturated heterocycles. The summed E-state index contributed by atoms with van der Waals surface area (Å²) >= 11 is 0. The lowest BCUT2D eigenvalue weighted by Gasteiger charge is -2.21. The maximum absolute atomic E-state index is 13.0. The third-order valence-electron chi connectivity index (χ3n) is 16.5. The van der Waals surface area contributed by atoms with Gasteiger partial charge in [0, 0.05) is 25.7 Å². The fourth-order valence-electron chi connectivity index (χ4n) is 10.8. The first-order valence-electron chi connectivity index (χ1n) is 37.1. The van der Waals surface area contributed by atoms with Gasteiger partial charge in [0.15, 0.2) is 12.2 Å². The molecule has 19 heteroatoms. The van der Waals surface area contributed by atoms with Crippen molar-refractivity contribution in [2.75, 3.05) is 39.6 Å². The number of rotatable bonds is 71. The van der Waals surface area contributed by atoms with Crippen LogP contribution in [0.2, 0.25) is 0 Å². The Labute approximate surface area is 549 Å². The molecule has 0 saturated carbocycles. The number of hydrogen-bond donors (Lipinski definition) is 3. The molecule has 0 bridgehead atoms. The van der Waals surface area contributed by atoms with Gasteiger partial charge in [0.2, 0.25) is 0 Å². The van der Waals surface area contributed by atoms with Crippen LogP contribution in [0.25, 0.3) is 0 Å². The first-order valence-corrected chi connectivity index (χ1v) is 40.1. The summed E-state index contributed by atoms with van der Waals surface area (Å²) in [4.78, 5) is 72.5. The molecule has 5 atom stereocenters. The summed E-state index contributed by atoms with van der Waals surface area (Å²) in [5.41, 5.74) is 0. The molecule has 0 radical (unpaired) electrons. The van der Waals surface area contributed by atoms with Crippen molar-refractivity contribution in [3.05, 3.63) is 0 Å². The predicted octanol–water partition coefficient (Wildman–Crippen LogP) is 20.5. The molecular formula is C71H138O17P2. The number of esters is 4. The van der Waals surface area contributed by atoms with Crippen molar-refractivity contribution in [1.29, 1.82) is 0 Å². The zero-order chi connectivity index (χ0) is 66.3. The zero-order valence-electron chi connectivity index (χ0n) is 58.3. The van der Waals surface area contributed by atoms with E-state index >= 15 is 0 Å². The second-order valence-electron chi connectivity index (χ2n) is 26.1. The van der Waals surface area contributed by atoms with Crippen LogP contribution in [0.5, 0.6) is 0 Å². The van der Waals surface area contributed by atoms with E-state index in [-0.39, 0.29) is 25.7 Å². The predicted molar refractivity (Wildman–Crippen MR) is 363 cm³/mol. The molecule has 0 rings (SSSR count). The van der Waals surface area contributed by atoms with Gasteiger partial charge in [-0.1, -0.05) is 317 Å². The van der Waals surface area contributed by atoms with Crippen LogP contribution in [-0.4, -0.2) is 96.7 Å². The Morgan fingerprint density at radius 3 is 0.756 bits per heavy atom. The summed E-state index contributed by atoms with van der Waals surface area (Å²) in [6, 6.07) is 0. The highest BCUT2D eigenvalue weighted by molar-refractivity contribution is 7.47. The zero-order valence-corrected chi connectivity index (χ0v) is 60.1. The van der Waals surface area contributed by atoms with E-state index in [2.05, 4.69) is 34.6 Å². The molecule has 534 valence electrons. The van der Waals surface area contributed by atoms with Crippen molar-refractivity contribution in [3.8, 4) is 0 Å². The lowest BCUT2D eigenvalue weighted by Crippen LogP contribution is -2.30. The molecule has 0 aliphatic rings. The quantitative estimate of drug-likeness (QED) is 0.0222. The van der Waals surface area contributed by atoms with Gasteiger partial charge < -0.3 is 33.8 Å². The van der Waals surface area contributed by atoms with Crippen LogP contribution in [0.15, 0.2) is 0 Å². The highest BCUT2D eigenvalue weighted by Crippen LogP contribution is 2.45. The molecule has 0 amide bonds. The van der Waals surface area contributed by atoms with Crippen molar-refractivity contribution in [2.45, 2.75) is 387 Å². The topological polar surface area (TPSA) is 237 Å². The number of ether oxygens (including phenoxy) is 4. The summed E-state index contributed by atoms with van der Waals surface area (Å²) in [7, 11) is -9.90. The Balaban J connectivity index is 5.20. The summed E-state index contributed by atoms with van der Waals surface area (Å²) in [6.45, 7) is 7.24. The Kier molecular flexibility index (Phi) is 63.0. The largest absolute Gasteiger partial charge is 0.472 e. The average molecular weight is 1330 g/mol. The lowest BCUT2D eigenvalue weighted by atomic mass is 10.0. The molecule has 0 aromatic carbocycles. The summed E-state index contributed by atoms with van der Waals surface area (Å²) in [6.07, 6.45) is 51.3. The molecule has 17 nitrogen and oxygen atoms in total. The second kappa shape index (κ2) is 64.4. The van der Waals surface area contributed by atoms with Crippen molar-refractivity contribution in [2.24, 2.45) is 5.92 Å². The molecule has 2 unspecified atom stereocenters. The summed E-state index contributed by atoms with van der Waals surface area (Å²) in [5, 5.41) is 10.6. The van der Waals surface area contributed by atoms with Crippen molar-refractivity contribution in [3.63, 3.8) is 0 Å². The fourth-order valence-corrected chi connectivity index (χ4v) is 12.4. The van der Waals surface area contributed by atoms with Gasteiger partial charge in [-0.05, 0) is 31.6 Å². The molecule has 0 aromatic heterocycles. The molecule has 0 aliphatic carbocycles. The maximum atomic E-state index is 13.0. The van der Waals surface area contributed by atoms with Crippen molar-refractivity contribution in [1.82, 2.24) is 0 Å². The van der Waals surface area contributed by atoms with E-state index in [0.29, 0.717) is 25.7 Å². The van der Waals surface area contributed by atoms with Crippen LogP contribution in [0.4, 0.5) is 0 Å². The molecule has 0 heterocycles. The monoisotopic (exact) mass is 1320 g/mol. The van der Waals surface area contributed by atoms with E-state index in [1.807, 2.05) is 0 Å². The van der Waals surface area contributed by atoms with Crippen LogP contribution in [-0.2, 0) is 65.4 Å². The summed E-state index contributed by atoms with van der Waals surface area (Å²) < 4.78 is 68.2. The van der Waals surface area contributed by atoms with Crippen LogP contribution in [0, 0.1) is 5.92 Å². The van der Waals surface area contributed by atoms with Crippen LogP contribution < -0.4 is 0 Å². The third-order valence-corrected chi connectivity index (χ3v) is 18.4. The van der Waals surface area contributed by atoms with Gasteiger partial charge in [0.1, 0.15) is 19.3 Å². The fraction of sp³-hybridized carbons (Fsp3) is 0.944. The smallest absolute Gasteiger partial charge is 0.462 e. The molecule has 90 heavy (non-hydrogen) atoms. The van der Waals surface area contributed by atoms with Crippen molar-refractivity contribution >= 4 is 39.5 Å². The second-order valence-corrected chi connectivity index (χ2v) is 29.0. The van der Waals surface area contributed by atoms with Gasteiger partial charge in [0.05, 0.1) is 26.4 Å². The van der Waals surface area contributed by atoms with E-state index < -0.39 is 97.5 Å². The third kappa shape index (κ3) is 64.8. The number of aliphatic hydroxyl groups is 1. The minimum atomic E-state index is -4.95. The molecule has 3 N–H and O–H groups in total. The normalized spacial score (nSPS) is 14.1. The maximum Gasteiger partial charge on any atom is 0.472 e. The number of unbranched alkanes of at least 4 members (excludes halogenated alkanes) is 43. The van der Waals surface area contributed by atoms with Gasteiger partial charge in [-0.15, -0.1) is 0 Å². The van der Waals surface area contributed by atoms with Gasteiger partial charge in [-0.3, -0.25) is 37.3 Å². The highest BCUT2D eigenvalue weighted by Gasteiger charge is 2.30. The lowest BCUT2D eigenvalue weighted by molar-refractivity contribution is -0.161. The van der Waals surface area contributed by atoms with Gasteiger partial charge >= 0.3 is 39.5 Å².